The number of urea groups is 1. The summed E-state index contributed by atoms with van der Waals surface area (Å²) < 4.78 is 11.4. The zero-order valence-electron chi connectivity index (χ0n) is 12.0. The average molecular weight is 298 g/mol. The molecule has 5 nitrogen and oxygen atoms in total. The van der Waals surface area contributed by atoms with E-state index in [1.54, 1.807) is 35.4 Å². The Morgan fingerprint density at radius 1 is 1.40 bits per heavy atom. The first-order valence-electron chi connectivity index (χ1n) is 6.68. The van der Waals surface area contributed by atoms with Crippen LogP contribution in [-0.4, -0.2) is 46.2 Å². The van der Waals surface area contributed by atoms with Gasteiger partial charge in [-0.1, -0.05) is 19.4 Å². The van der Waals surface area contributed by atoms with Crippen LogP contribution in [0.4, 0.5) is 10.5 Å². The third-order valence-corrected chi connectivity index (χ3v) is 3.77. The third kappa shape index (κ3) is 5.30. The molecular formula is C14H22N2O3S. The Morgan fingerprint density at radius 3 is 2.75 bits per heavy atom. The van der Waals surface area contributed by atoms with Gasteiger partial charge in [0.2, 0.25) is 0 Å². The highest BCUT2D eigenvalue weighted by Crippen LogP contribution is 2.14. The van der Waals surface area contributed by atoms with Gasteiger partial charge in [0.15, 0.2) is 0 Å². The quantitative estimate of drug-likeness (QED) is 0.809. The number of nitrogens with one attached hydrogen (secondary N) is 1. The van der Waals surface area contributed by atoms with Crippen molar-refractivity contribution in [1.82, 2.24) is 4.90 Å². The molecule has 0 aliphatic heterocycles. The Kier molecular flexibility index (Phi) is 7.25. The maximum Gasteiger partial charge on any atom is 0.321 e. The van der Waals surface area contributed by atoms with E-state index in [0.29, 0.717) is 23.7 Å². The van der Waals surface area contributed by atoms with Crippen molar-refractivity contribution in [1.29, 1.82) is 0 Å². The molecule has 1 aromatic carbocycles. The van der Waals surface area contributed by atoms with Crippen LogP contribution >= 0.6 is 0 Å². The Hall–Kier alpha value is -1.40. The second-order valence-electron chi connectivity index (χ2n) is 4.48. The van der Waals surface area contributed by atoms with Crippen molar-refractivity contribution in [3.8, 4) is 0 Å². The van der Waals surface area contributed by atoms with Gasteiger partial charge in [-0.2, -0.15) is 0 Å². The van der Waals surface area contributed by atoms with Crippen molar-refractivity contribution in [2.24, 2.45) is 0 Å². The normalized spacial score (nSPS) is 11.9. The number of hydrogen-bond donors (Lipinski definition) is 2. The molecule has 0 spiro atoms. The summed E-state index contributed by atoms with van der Waals surface area (Å²) in [6.45, 7) is 2.92. The summed E-state index contributed by atoms with van der Waals surface area (Å²) in [6, 6.07) is 6.73. The van der Waals surface area contributed by atoms with E-state index in [4.69, 9.17) is 5.11 Å². The van der Waals surface area contributed by atoms with E-state index in [1.807, 2.05) is 0 Å². The van der Waals surface area contributed by atoms with Gasteiger partial charge in [-0.15, -0.1) is 0 Å². The van der Waals surface area contributed by atoms with Gasteiger partial charge < -0.3 is 15.3 Å². The van der Waals surface area contributed by atoms with E-state index < -0.39 is 10.8 Å². The number of nitrogens with zero attached hydrogens (tertiary/aromatic N) is 1. The largest absolute Gasteiger partial charge is 0.395 e. The van der Waals surface area contributed by atoms with Gasteiger partial charge in [0.05, 0.1) is 6.61 Å². The Morgan fingerprint density at radius 2 is 2.15 bits per heavy atom. The molecule has 0 aliphatic rings. The number of carbonyl (C=O) groups excluding carboxylic acids is 1. The van der Waals surface area contributed by atoms with Crippen molar-refractivity contribution in [3.05, 3.63) is 24.3 Å². The molecule has 112 valence electrons. The summed E-state index contributed by atoms with van der Waals surface area (Å²) in [4.78, 5) is 14.4. The van der Waals surface area contributed by atoms with Crippen molar-refractivity contribution in [2.75, 3.05) is 31.3 Å². The predicted octanol–water partition coefficient (Wildman–Crippen LogP) is 2.05. The number of amides is 2. The number of aliphatic hydroxyl groups excluding tert-OH is 1. The van der Waals surface area contributed by atoms with Crippen LogP contribution in [0.2, 0.25) is 0 Å². The minimum absolute atomic E-state index is 0.0594. The van der Waals surface area contributed by atoms with Gasteiger partial charge in [-0.25, -0.2) is 4.79 Å². The van der Waals surface area contributed by atoms with E-state index >= 15 is 0 Å². The van der Waals surface area contributed by atoms with Gasteiger partial charge in [-0.3, -0.25) is 4.21 Å². The monoisotopic (exact) mass is 298 g/mol. The van der Waals surface area contributed by atoms with Crippen LogP contribution < -0.4 is 5.32 Å². The number of aliphatic hydroxyl groups is 1. The second kappa shape index (κ2) is 8.71. The summed E-state index contributed by atoms with van der Waals surface area (Å²) in [5.74, 6) is 0. The van der Waals surface area contributed by atoms with Crippen molar-refractivity contribution in [3.63, 3.8) is 0 Å². The van der Waals surface area contributed by atoms with Gasteiger partial charge in [0, 0.05) is 40.7 Å². The van der Waals surface area contributed by atoms with E-state index in [2.05, 4.69) is 12.2 Å². The Balaban J connectivity index is 2.71. The Labute approximate surface area is 122 Å². The first kappa shape index (κ1) is 16.7. The first-order chi connectivity index (χ1) is 9.58. The van der Waals surface area contributed by atoms with Crippen LogP contribution in [0.3, 0.4) is 0 Å². The molecule has 0 bridgehead atoms. The molecule has 0 radical (unpaired) electrons. The molecule has 1 rings (SSSR count). The standard InChI is InChI=1S/C14H22N2O3S/c1-3-4-8-16(9-10-17)14(18)15-12-6-5-7-13(11-12)20(2)19/h5-7,11,17H,3-4,8-10H2,1-2H3,(H,15,18). The number of carbonyl (C=O) groups is 1. The summed E-state index contributed by atoms with van der Waals surface area (Å²) in [5.41, 5.74) is 0.613. The minimum Gasteiger partial charge on any atom is -0.395 e. The highest BCUT2D eigenvalue weighted by Gasteiger charge is 2.12. The number of hydrogen-bond acceptors (Lipinski definition) is 3. The fourth-order valence-electron chi connectivity index (χ4n) is 1.74. The molecule has 1 aromatic rings. The minimum atomic E-state index is -1.08. The lowest BCUT2D eigenvalue weighted by Gasteiger charge is -2.22. The molecule has 2 N–H and O–H groups in total. The number of benzene rings is 1. The van der Waals surface area contributed by atoms with Gasteiger partial charge in [-0.05, 0) is 24.6 Å². The average Bonchev–Trinajstić information content (AvgIpc) is 2.43. The molecule has 0 saturated carbocycles. The zero-order valence-corrected chi connectivity index (χ0v) is 12.8. The number of rotatable bonds is 7. The molecule has 20 heavy (non-hydrogen) atoms. The zero-order chi connectivity index (χ0) is 15.0. The van der Waals surface area contributed by atoms with E-state index in [1.165, 1.54) is 0 Å². The molecule has 0 saturated heterocycles. The van der Waals surface area contributed by atoms with Crippen LogP contribution in [-0.2, 0) is 10.8 Å². The topological polar surface area (TPSA) is 69.6 Å². The fourth-order valence-corrected chi connectivity index (χ4v) is 2.30. The van der Waals surface area contributed by atoms with E-state index in [9.17, 15) is 9.00 Å². The lowest BCUT2D eigenvalue weighted by atomic mass is 10.3. The van der Waals surface area contributed by atoms with Gasteiger partial charge in [0.1, 0.15) is 0 Å². The van der Waals surface area contributed by atoms with Crippen LogP contribution in [0.1, 0.15) is 19.8 Å². The summed E-state index contributed by atoms with van der Waals surface area (Å²) in [6.07, 6.45) is 3.48. The molecule has 0 aromatic heterocycles. The smallest absolute Gasteiger partial charge is 0.321 e. The highest BCUT2D eigenvalue weighted by molar-refractivity contribution is 7.84. The van der Waals surface area contributed by atoms with Gasteiger partial charge >= 0.3 is 6.03 Å². The highest BCUT2D eigenvalue weighted by atomic mass is 32.2. The van der Waals surface area contributed by atoms with Crippen LogP contribution in [0.25, 0.3) is 0 Å². The van der Waals surface area contributed by atoms with Crippen molar-refractivity contribution >= 4 is 22.5 Å². The predicted molar refractivity (Wildman–Crippen MR) is 81.4 cm³/mol. The molecule has 1 atom stereocenters. The molecule has 0 fully saturated rings. The molecule has 1 unspecified atom stereocenters. The molecule has 2 amide bonds. The van der Waals surface area contributed by atoms with Crippen LogP contribution in [0.15, 0.2) is 29.2 Å². The second-order valence-corrected chi connectivity index (χ2v) is 5.86. The summed E-state index contributed by atoms with van der Waals surface area (Å²) >= 11 is 0. The van der Waals surface area contributed by atoms with E-state index in [0.717, 1.165) is 12.8 Å². The maximum absolute atomic E-state index is 12.1. The summed E-state index contributed by atoms with van der Waals surface area (Å²) in [7, 11) is -1.08. The van der Waals surface area contributed by atoms with Crippen LogP contribution in [0, 0.1) is 0 Å². The molecule has 0 aliphatic carbocycles. The Bertz CT molecular complexity index is 465. The van der Waals surface area contributed by atoms with Crippen LogP contribution in [0.5, 0.6) is 0 Å². The van der Waals surface area contributed by atoms with Crippen molar-refractivity contribution < 1.29 is 14.1 Å². The molecule has 6 heteroatoms. The SMILES string of the molecule is CCCCN(CCO)C(=O)Nc1cccc(S(C)=O)c1. The third-order valence-electron chi connectivity index (χ3n) is 2.86. The van der Waals surface area contributed by atoms with Crippen molar-refractivity contribution in [2.45, 2.75) is 24.7 Å². The number of anilines is 1. The maximum atomic E-state index is 12.1. The number of unbranched alkanes of at least 4 members (excludes halogenated alkanes) is 1. The lowest BCUT2D eigenvalue weighted by molar-refractivity contribution is 0.187. The van der Waals surface area contributed by atoms with Gasteiger partial charge in [0.25, 0.3) is 0 Å². The molecule has 0 heterocycles. The van der Waals surface area contributed by atoms with E-state index in [-0.39, 0.29) is 12.6 Å². The lowest BCUT2D eigenvalue weighted by Crippen LogP contribution is -2.37. The summed E-state index contributed by atoms with van der Waals surface area (Å²) in [5, 5.41) is 11.8. The fraction of sp³-hybridized carbons (Fsp3) is 0.500. The molecular weight excluding hydrogens is 276 g/mol. The first-order valence-corrected chi connectivity index (χ1v) is 8.24.